The Balaban J connectivity index is 2.16. The van der Waals surface area contributed by atoms with Crippen LogP contribution in [0.4, 0.5) is 0 Å². The molecule has 0 aliphatic carbocycles. The maximum Gasteiger partial charge on any atom is 0.247 e. The summed E-state index contributed by atoms with van der Waals surface area (Å²) in [5.41, 5.74) is 6.63. The Morgan fingerprint density at radius 1 is 1.37 bits per heavy atom. The molecule has 0 spiro atoms. The second-order valence-electron chi connectivity index (χ2n) is 6.62. The Labute approximate surface area is 175 Å². The van der Waals surface area contributed by atoms with Crippen LogP contribution in [-0.2, 0) is 6.42 Å². The molecule has 0 bridgehead atoms. The first-order valence-corrected chi connectivity index (χ1v) is 10.5. The summed E-state index contributed by atoms with van der Waals surface area (Å²) in [5, 5.41) is 11.1. The van der Waals surface area contributed by atoms with E-state index in [-0.39, 0.29) is 12.1 Å². The van der Waals surface area contributed by atoms with Gasteiger partial charge in [0.15, 0.2) is 0 Å². The van der Waals surface area contributed by atoms with Crippen LogP contribution in [0.5, 0.6) is 0 Å². The number of nitrogens with zero attached hydrogens (tertiary/aromatic N) is 2. The van der Waals surface area contributed by atoms with E-state index in [0.717, 1.165) is 35.4 Å². The minimum Gasteiger partial charge on any atom is -0.372 e. The molecule has 2 N–H and O–H groups in total. The molecule has 146 valence electrons. The van der Waals surface area contributed by atoms with E-state index in [1.54, 1.807) is 4.68 Å². The fraction of sp³-hybridized carbons (Fsp3) is 0.429. The van der Waals surface area contributed by atoms with Crippen molar-refractivity contribution in [1.29, 1.82) is 0 Å². The number of aryl methyl sites for hydroxylation is 1. The molecular weight excluding hydrogens is 451 g/mol. The van der Waals surface area contributed by atoms with Gasteiger partial charge >= 0.3 is 0 Å². The lowest BCUT2D eigenvalue weighted by Crippen LogP contribution is -2.35. The molecule has 1 aromatic rings. The van der Waals surface area contributed by atoms with E-state index < -0.39 is 0 Å². The Morgan fingerprint density at radius 3 is 2.70 bits per heavy atom. The first kappa shape index (κ1) is 21.6. The third-order valence-electron chi connectivity index (χ3n) is 4.90. The number of allylic oxidation sites excluding steroid dienone is 4. The van der Waals surface area contributed by atoms with Crippen LogP contribution in [0.25, 0.3) is 0 Å². The maximum absolute atomic E-state index is 12.7. The number of carbonyl (C=O) groups is 1. The molecule has 0 amide bonds. The van der Waals surface area contributed by atoms with Crippen LogP contribution in [0.3, 0.4) is 0 Å². The summed E-state index contributed by atoms with van der Waals surface area (Å²) in [5.74, 6) is 0.0417. The van der Waals surface area contributed by atoms with E-state index in [1.807, 2.05) is 44.1 Å². The number of carbonyl (C=O) groups excluding carboxylic acids is 1. The number of rotatable bonds is 7. The minimum atomic E-state index is 0.0417. The summed E-state index contributed by atoms with van der Waals surface area (Å²) in [6.45, 7) is 8.01. The summed E-state index contributed by atoms with van der Waals surface area (Å²) < 4.78 is 3.60. The summed E-state index contributed by atoms with van der Waals surface area (Å²) in [6.07, 6.45) is 10.3. The Kier molecular flexibility index (Phi) is 8.04. The maximum atomic E-state index is 12.7. The Hall–Kier alpha value is -1.67. The SMILES string of the molecule is C/C=C\C(=C/I)CCC(=O)n1nc(C)c(CC2=CNC(NC)/C2=C\C)c1C. The van der Waals surface area contributed by atoms with Gasteiger partial charge in [-0.25, -0.2) is 4.68 Å². The number of nitrogens with one attached hydrogen (secondary N) is 2. The Morgan fingerprint density at radius 2 is 2.11 bits per heavy atom. The summed E-state index contributed by atoms with van der Waals surface area (Å²) in [6, 6.07) is 0. The van der Waals surface area contributed by atoms with Crippen LogP contribution in [0.2, 0.25) is 0 Å². The fourth-order valence-electron chi connectivity index (χ4n) is 3.40. The number of likely N-dealkylation sites (N-methyl/N-ethyl adjacent to an activating group) is 1. The van der Waals surface area contributed by atoms with Gasteiger partial charge in [-0.15, -0.1) is 0 Å². The third kappa shape index (κ3) is 4.99. The van der Waals surface area contributed by atoms with Gasteiger partial charge in [-0.1, -0.05) is 40.8 Å². The molecule has 27 heavy (non-hydrogen) atoms. The predicted octanol–water partition coefficient (Wildman–Crippen LogP) is 4.34. The molecule has 1 aromatic heterocycles. The van der Waals surface area contributed by atoms with Crippen molar-refractivity contribution in [3.63, 3.8) is 0 Å². The second kappa shape index (κ2) is 10.0. The molecule has 6 heteroatoms. The van der Waals surface area contributed by atoms with Crippen molar-refractivity contribution in [2.24, 2.45) is 0 Å². The predicted molar refractivity (Wildman–Crippen MR) is 120 cm³/mol. The zero-order chi connectivity index (χ0) is 20.0. The van der Waals surface area contributed by atoms with Crippen LogP contribution < -0.4 is 10.6 Å². The molecule has 1 atom stereocenters. The molecule has 2 heterocycles. The highest BCUT2D eigenvalue weighted by Crippen LogP contribution is 2.26. The summed E-state index contributed by atoms with van der Waals surface area (Å²) in [7, 11) is 1.94. The van der Waals surface area contributed by atoms with Crippen molar-refractivity contribution in [3.05, 3.63) is 62.2 Å². The van der Waals surface area contributed by atoms with Crippen LogP contribution in [0, 0.1) is 13.8 Å². The minimum absolute atomic E-state index is 0.0417. The van der Waals surface area contributed by atoms with E-state index in [2.05, 4.69) is 57.5 Å². The second-order valence-corrected chi connectivity index (χ2v) is 7.24. The van der Waals surface area contributed by atoms with Gasteiger partial charge in [0.2, 0.25) is 5.91 Å². The van der Waals surface area contributed by atoms with Gasteiger partial charge in [-0.3, -0.25) is 10.1 Å². The average molecular weight is 480 g/mol. The van der Waals surface area contributed by atoms with Crippen LogP contribution >= 0.6 is 22.6 Å². The van der Waals surface area contributed by atoms with Crippen molar-refractivity contribution in [1.82, 2.24) is 20.4 Å². The van der Waals surface area contributed by atoms with Crippen molar-refractivity contribution in [3.8, 4) is 0 Å². The van der Waals surface area contributed by atoms with Crippen LogP contribution in [0.15, 0.2) is 45.2 Å². The van der Waals surface area contributed by atoms with Gasteiger partial charge in [-0.2, -0.15) is 5.10 Å². The fourth-order valence-corrected chi connectivity index (χ4v) is 3.92. The molecule has 2 rings (SSSR count). The number of halogens is 1. The van der Waals surface area contributed by atoms with Gasteiger partial charge in [0.1, 0.15) is 6.17 Å². The van der Waals surface area contributed by atoms with Crippen LogP contribution in [0.1, 0.15) is 48.4 Å². The number of aromatic nitrogens is 2. The zero-order valence-electron chi connectivity index (χ0n) is 16.8. The van der Waals surface area contributed by atoms with Gasteiger partial charge in [0, 0.05) is 30.3 Å². The number of hydrogen-bond acceptors (Lipinski definition) is 4. The Bertz CT molecular complexity index is 814. The lowest BCUT2D eigenvalue weighted by Gasteiger charge is -2.14. The molecule has 0 fully saturated rings. The average Bonchev–Trinajstić information content (AvgIpc) is 3.19. The standard InChI is InChI=1S/C21H29IN4O/c1-6-8-16(12-22)9-10-20(27)26-15(4)19(14(3)25-26)11-17-13-24-21(23-5)18(17)7-2/h6-8,12-13,21,23-24H,9-11H2,1-5H3/b8-6-,16-12+,18-7-. The van der Waals surface area contributed by atoms with E-state index in [9.17, 15) is 4.79 Å². The molecular formula is C21H29IN4O. The van der Waals surface area contributed by atoms with Crippen molar-refractivity contribution >= 4 is 28.5 Å². The van der Waals surface area contributed by atoms with E-state index >= 15 is 0 Å². The molecule has 1 unspecified atom stereocenters. The number of hydrogen-bond donors (Lipinski definition) is 2. The quantitative estimate of drug-likeness (QED) is 0.451. The highest BCUT2D eigenvalue weighted by atomic mass is 127. The van der Waals surface area contributed by atoms with Gasteiger partial charge < -0.3 is 5.32 Å². The summed E-state index contributed by atoms with van der Waals surface area (Å²) >= 11 is 2.22. The van der Waals surface area contributed by atoms with E-state index in [0.29, 0.717) is 6.42 Å². The van der Waals surface area contributed by atoms with E-state index in [4.69, 9.17) is 0 Å². The highest BCUT2D eigenvalue weighted by molar-refractivity contribution is 14.1. The largest absolute Gasteiger partial charge is 0.372 e. The summed E-state index contributed by atoms with van der Waals surface area (Å²) in [4.78, 5) is 12.7. The lowest BCUT2D eigenvalue weighted by atomic mass is 9.98. The van der Waals surface area contributed by atoms with Crippen molar-refractivity contribution in [2.45, 2.75) is 53.1 Å². The monoisotopic (exact) mass is 480 g/mol. The normalized spacial score (nSPS) is 19.0. The molecule has 5 nitrogen and oxygen atoms in total. The van der Waals surface area contributed by atoms with Crippen molar-refractivity contribution in [2.75, 3.05) is 7.05 Å². The molecule has 1 aliphatic heterocycles. The molecule has 0 aromatic carbocycles. The zero-order valence-corrected chi connectivity index (χ0v) is 18.9. The third-order valence-corrected chi connectivity index (χ3v) is 5.70. The van der Waals surface area contributed by atoms with Crippen molar-refractivity contribution < 1.29 is 4.79 Å². The van der Waals surface area contributed by atoms with Crippen LogP contribution in [-0.4, -0.2) is 28.9 Å². The molecule has 0 saturated heterocycles. The lowest BCUT2D eigenvalue weighted by molar-refractivity contribution is 0.0884. The van der Waals surface area contributed by atoms with E-state index in [1.165, 1.54) is 11.1 Å². The first-order valence-electron chi connectivity index (χ1n) is 9.25. The molecule has 0 radical (unpaired) electrons. The van der Waals surface area contributed by atoms with Gasteiger partial charge in [-0.05, 0) is 62.0 Å². The molecule has 0 saturated carbocycles. The first-order chi connectivity index (χ1) is 13.0. The smallest absolute Gasteiger partial charge is 0.247 e. The highest BCUT2D eigenvalue weighted by Gasteiger charge is 2.24. The molecule has 1 aliphatic rings. The van der Waals surface area contributed by atoms with Gasteiger partial charge in [0.05, 0.1) is 5.69 Å². The van der Waals surface area contributed by atoms with Gasteiger partial charge in [0.25, 0.3) is 0 Å². The topological polar surface area (TPSA) is 59.0 Å².